The lowest BCUT2D eigenvalue weighted by molar-refractivity contribution is -0.135. The van der Waals surface area contributed by atoms with Crippen LogP contribution < -0.4 is 14.2 Å². The second-order valence-corrected chi connectivity index (χ2v) is 10.2. The summed E-state index contributed by atoms with van der Waals surface area (Å²) in [6.45, 7) is 5.62. The molecule has 5 nitrogen and oxygen atoms in total. The van der Waals surface area contributed by atoms with E-state index >= 15 is 0 Å². The van der Waals surface area contributed by atoms with E-state index in [9.17, 15) is 9.18 Å². The monoisotopic (exact) mass is 477 g/mol. The SMILES string of the molecule is CC(C)(Br)C(=O)N1CC[C@@H](c2ccc(F)cc2)[C@H](COc2ccc3c(c2)OCO3)C1. The number of piperidine rings is 1. The molecular weight excluding hydrogens is 453 g/mol. The average molecular weight is 478 g/mol. The number of amides is 1. The molecule has 160 valence electrons. The molecule has 0 aromatic heterocycles. The first-order chi connectivity index (χ1) is 14.3. The third-order valence-corrected chi connectivity index (χ3v) is 5.98. The maximum Gasteiger partial charge on any atom is 0.238 e. The van der Waals surface area contributed by atoms with Gasteiger partial charge in [0.2, 0.25) is 12.7 Å². The number of hydrogen-bond acceptors (Lipinski definition) is 4. The van der Waals surface area contributed by atoms with Crippen molar-refractivity contribution in [3.05, 3.63) is 53.8 Å². The number of likely N-dealkylation sites (tertiary alicyclic amines) is 1. The minimum Gasteiger partial charge on any atom is -0.493 e. The van der Waals surface area contributed by atoms with Gasteiger partial charge in [-0.15, -0.1) is 0 Å². The number of nitrogens with zero attached hydrogens (tertiary/aromatic N) is 1. The molecule has 2 aromatic carbocycles. The van der Waals surface area contributed by atoms with Gasteiger partial charge in [-0.25, -0.2) is 4.39 Å². The first-order valence-corrected chi connectivity index (χ1v) is 10.9. The number of rotatable bonds is 5. The predicted molar refractivity (Wildman–Crippen MR) is 115 cm³/mol. The highest BCUT2D eigenvalue weighted by Crippen LogP contribution is 2.37. The van der Waals surface area contributed by atoms with Gasteiger partial charge in [-0.3, -0.25) is 4.79 Å². The molecule has 0 bridgehead atoms. The van der Waals surface area contributed by atoms with E-state index in [1.165, 1.54) is 12.1 Å². The Morgan fingerprint density at radius 2 is 1.93 bits per heavy atom. The topological polar surface area (TPSA) is 48.0 Å². The minimum atomic E-state index is -0.613. The molecule has 0 aliphatic carbocycles. The molecule has 1 fully saturated rings. The van der Waals surface area contributed by atoms with Crippen molar-refractivity contribution in [1.82, 2.24) is 4.90 Å². The van der Waals surface area contributed by atoms with Gasteiger partial charge in [0.25, 0.3) is 0 Å². The Morgan fingerprint density at radius 3 is 2.67 bits per heavy atom. The van der Waals surface area contributed by atoms with Crippen LogP contribution in [0.1, 0.15) is 31.7 Å². The highest BCUT2D eigenvalue weighted by molar-refractivity contribution is 9.10. The van der Waals surface area contributed by atoms with E-state index in [1.807, 2.05) is 49.1 Å². The van der Waals surface area contributed by atoms with Gasteiger partial charge >= 0.3 is 0 Å². The fourth-order valence-corrected chi connectivity index (χ4v) is 4.33. The Bertz CT molecular complexity index is 912. The Balaban J connectivity index is 1.51. The van der Waals surface area contributed by atoms with Gasteiger partial charge in [0, 0.05) is 25.1 Å². The quantitative estimate of drug-likeness (QED) is 0.583. The summed E-state index contributed by atoms with van der Waals surface area (Å²) in [4.78, 5) is 14.7. The third kappa shape index (κ3) is 4.56. The minimum absolute atomic E-state index is 0.0631. The molecule has 2 aromatic rings. The predicted octanol–water partition coefficient (Wildman–Crippen LogP) is 4.74. The largest absolute Gasteiger partial charge is 0.493 e. The highest BCUT2D eigenvalue weighted by Gasteiger charge is 2.37. The van der Waals surface area contributed by atoms with E-state index in [-0.39, 0.29) is 30.4 Å². The van der Waals surface area contributed by atoms with Gasteiger partial charge in [-0.2, -0.15) is 0 Å². The van der Waals surface area contributed by atoms with E-state index in [0.29, 0.717) is 36.9 Å². The lowest BCUT2D eigenvalue weighted by Crippen LogP contribution is -2.49. The molecule has 7 heteroatoms. The van der Waals surface area contributed by atoms with Crippen molar-refractivity contribution in [2.75, 3.05) is 26.5 Å². The fraction of sp³-hybridized carbons (Fsp3) is 0.435. The van der Waals surface area contributed by atoms with Crippen LogP contribution >= 0.6 is 15.9 Å². The van der Waals surface area contributed by atoms with E-state index in [1.54, 1.807) is 0 Å². The van der Waals surface area contributed by atoms with Gasteiger partial charge in [0.1, 0.15) is 11.6 Å². The van der Waals surface area contributed by atoms with Gasteiger partial charge in [0.15, 0.2) is 11.5 Å². The summed E-state index contributed by atoms with van der Waals surface area (Å²) in [6.07, 6.45) is 0.801. The molecular formula is C23H25BrFNO4. The molecule has 1 saturated heterocycles. The number of carbonyl (C=O) groups is 1. The molecule has 30 heavy (non-hydrogen) atoms. The first kappa shape index (κ1) is 21.0. The van der Waals surface area contributed by atoms with Crippen molar-refractivity contribution in [3.8, 4) is 17.2 Å². The Morgan fingerprint density at radius 1 is 1.20 bits per heavy atom. The molecule has 2 aliphatic rings. The Kier molecular flexibility index (Phi) is 5.91. The lowest BCUT2D eigenvalue weighted by Gasteiger charge is -2.40. The van der Waals surface area contributed by atoms with Crippen LogP contribution in [-0.4, -0.2) is 41.6 Å². The number of carbonyl (C=O) groups excluding carboxylic acids is 1. The average Bonchev–Trinajstić information content (AvgIpc) is 3.19. The normalized spacial score (nSPS) is 20.9. The van der Waals surface area contributed by atoms with Crippen LogP contribution in [0.25, 0.3) is 0 Å². The molecule has 2 atom stereocenters. The van der Waals surface area contributed by atoms with Gasteiger partial charge in [-0.1, -0.05) is 28.1 Å². The second-order valence-electron chi connectivity index (χ2n) is 8.26. The Hall–Kier alpha value is -2.28. The maximum atomic E-state index is 13.4. The number of benzene rings is 2. The van der Waals surface area contributed by atoms with Crippen molar-refractivity contribution in [1.29, 1.82) is 0 Å². The number of alkyl halides is 1. The number of ether oxygens (including phenoxy) is 3. The standard InChI is InChI=1S/C23H25BrFNO4/c1-23(2,24)22(27)26-10-9-19(15-3-5-17(25)6-4-15)16(12-26)13-28-18-7-8-20-21(11-18)30-14-29-20/h3-8,11,16,19H,9-10,12-14H2,1-2H3/t16-,19-/m0/s1. The molecule has 0 N–H and O–H groups in total. The molecule has 0 spiro atoms. The van der Waals surface area contributed by atoms with Gasteiger partial charge < -0.3 is 19.1 Å². The number of halogens is 2. The summed E-state index contributed by atoms with van der Waals surface area (Å²) in [5, 5.41) is 0. The fourth-order valence-electron chi connectivity index (χ4n) is 4.08. The molecule has 1 amide bonds. The van der Waals surface area contributed by atoms with E-state index in [4.69, 9.17) is 14.2 Å². The van der Waals surface area contributed by atoms with Crippen LogP contribution in [-0.2, 0) is 4.79 Å². The third-order valence-electron chi connectivity index (χ3n) is 5.64. The van der Waals surface area contributed by atoms with E-state index in [0.717, 1.165) is 12.0 Å². The van der Waals surface area contributed by atoms with Gasteiger partial charge in [-0.05, 0) is 56.0 Å². The van der Waals surface area contributed by atoms with Crippen LogP contribution in [0.15, 0.2) is 42.5 Å². The van der Waals surface area contributed by atoms with Crippen molar-refractivity contribution in [2.24, 2.45) is 5.92 Å². The summed E-state index contributed by atoms with van der Waals surface area (Å²) in [5.74, 6) is 2.15. The highest BCUT2D eigenvalue weighted by atomic mass is 79.9. The van der Waals surface area contributed by atoms with Crippen molar-refractivity contribution < 1.29 is 23.4 Å². The van der Waals surface area contributed by atoms with E-state index < -0.39 is 4.32 Å². The molecule has 0 unspecified atom stereocenters. The summed E-state index contributed by atoms with van der Waals surface area (Å²) >= 11 is 3.48. The number of hydrogen-bond donors (Lipinski definition) is 0. The molecule has 0 saturated carbocycles. The van der Waals surface area contributed by atoms with Crippen LogP contribution in [0.5, 0.6) is 17.2 Å². The van der Waals surface area contributed by atoms with Crippen LogP contribution in [0.2, 0.25) is 0 Å². The Labute approximate surface area is 184 Å². The van der Waals surface area contributed by atoms with Gasteiger partial charge in [0.05, 0.1) is 10.9 Å². The zero-order valence-electron chi connectivity index (χ0n) is 17.1. The van der Waals surface area contributed by atoms with Crippen LogP contribution in [0.3, 0.4) is 0 Å². The summed E-state index contributed by atoms with van der Waals surface area (Å²) < 4.78 is 29.7. The molecule has 2 heterocycles. The maximum absolute atomic E-state index is 13.4. The number of fused-ring (bicyclic) bond motifs is 1. The summed E-state index contributed by atoms with van der Waals surface area (Å²) in [6, 6.07) is 12.2. The van der Waals surface area contributed by atoms with Crippen molar-refractivity contribution in [2.45, 2.75) is 30.5 Å². The zero-order chi connectivity index (χ0) is 21.3. The van der Waals surface area contributed by atoms with Crippen molar-refractivity contribution >= 4 is 21.8 Å². The molecule has 0 radical (unpaired) electrons. The van der Waals surface area contributed by atoms with Crippen LogP contribution in [0, 0.1) is 11.7 Å². The first-order valence-electron chi connectivity index (χ1n) is 10.1. The smallest absolute Gasteiger partial charge is 0.238 e. The second kappa shape index (κ2) is 8.46. The van der Waals surface area contributed by atoms with Crippen LogP contribution in [0.4, 0.5) is 4.39 Å². The summed E-state index contributed by atoms with van der Waals surface area (Å²) in [5.41, 5.74) is 1.07. The lowest BCUT2D eigenvalue weighted by atomic mass is 9.80. The molecule has 4 rings (SSSR count). The zero-order valence-corrected chi connectivity index (χ0v) is 18.7. The molecule has 2 aliphatic heterocycles. The van der Waals surface area contributed by atoms with E-state index in [2.05, 4.69) is 15.9 Å². The van der Waals surface area contributed by atoms with Crippen molar-refractivity contribution in [3.63, 3.8) is 0 Å². The summed E-state index contributed by atoms with van der Waals surface area (Å²) in [7, 11) is 0.